The third-order valence-corrected chi connectivity index (χ3v) is 6.37. The summed E-state index contributed by atoms with van der Waals surface area (Å²) in [7, 11) is 0. The lowest BCUT2D eigenvalue weighted by Crippen LogP contribution is -2.40. The Morgan fingerprint density at radius 2 is 1.79 bits per heavy atom. The number of hydrogen-bond acceptors (Lipinski definition) is 5. The Bertz CT molecular complexity index is 852. The van der Waals surface area contributed by atoms with Gasteiger partial charge in [0.1, 0.15) is 6.10 Å². The Hall–Kier alpha value is -2.55. The summed E-state index contributed by atoms with van der Waals surface area (Å²) < 4.78 is 5.83. The largest absolute Gasteiger partial charge is 0.370 e. The van der Waals surface area contributed by atoms with Crippen LogP contribution in [0.4, 0.5) is 0 Å². The van der Waals surface area contributed by atoms with Gasteiger partial charge in [0.25, 0.3) is 0 Å². The Kier molecular flexibility index (Phi) is 6.33. The summed E-state index contributed by atoms with van der Waals surface area (Å²) in [6.07, 6.45) is 7.26. The first-order chi connectivity index (χ1) is 14.2. The summed E-state index contributed by atoms with van der Waals surface area (Å²) >= 11 is 0. The second kappa shape index (κ2) is 9.30. The van der Waals surface area contributed by atoms with Gasteiger partial charge in [-0.05, 0) is 80.4 Å². The van der Waals surface area contributed by atoms with E-state index in [9.17, 15) is 4.79 Å². The fourth-order valence-corrected chi connectivity index (χ4v) is 4.66. The molecule has 0 aliphatic carbocycles. The molecule has 5 heteroatoms. The molecule has 29 heavy (non-hydrogen) atoms. The van der Waals surface area contributed by atoms with Crippen molar-refractivity contribution in [1.82, 2.24) is 9.88 Å². The Morgan fingerprint density at radius 1 is 1.07 bits per heavy atom. The van der Waals surface area contributed by atoms with Crippen LogP contribution < -0.4 is 0 Å². The summed E-state index contributed by atoms with van der Waals surface area (Å²) in [6.45, 7) is 3.79. The molecule has 2 saturated heterocycles. The maximum Gasteiger partial charge on any atom is 0.191 e. The number of pyridine rings is 1. The topological polar surface area (TPSA) is 66.2 Å². The molecule has 0 bridgehead atoms. The molecule has 2 unspecified atom stereocenters. The van der Waals surface area contributed by atoms with Crippen LogP contribution in [-0.2, 0) is 11.3 Å². The van der Waals surface area contributed by atoms with Gasteiger partial charge < -0.3 is 4.74 Å². The van der Waals surface area contributed by atoms with Crippen molar-refractivity contribution in [1.29, 1.82) is 5.26 Å². The van der Waals surface area contributed by atoms with Gasteiger partial charge >= 0.3 is 0 Å². The first-order valence-electron chi connectivity index (χ1n) is 10.5. The third kappa shape index (κ3) is 4.90. The molecule has 2 atom stereocenters. The number of hydrogen-bond donors (Lipinski definition) is 0. The van der Waals surface area contributed by atoms with E-state index in [0.29, 0.717) is 29.6 Å². The van der Waals surface area contributed by atoms with Crippen LogP contribution in [0.15, 0.2) is 48.8 Å². The van der Waals surface area contributed by atoms with Crippen LogP contribution in [0.2, 0.25) is 0 Å². The van der Waals surface area contributed by atoms with Crippen LogP contribution in [0.1, 0.15) is 47.2 Å². The van der Waals surface area contributed by atoms with E-state index in [-0.39, 0.29) is 11.9 Å². The quantitative estimate of drug-likeness (QED) is 0.727. The molecule has 2 aromatic rings. The van der Waals surface area contributed by atoms with Gasteiger partial charge in [-0.15, -0.1) is 0 Å². The maximum atomic E-state index is 12.7. The molecule has 0 radical (unpaired) electrons. The highest BCUT2D eigenvalue weighted by atomic mass is 16.5. The van der Waals surface area contributed by atoms with Crippen LogP contribution in [-0.4, -0.2) is 41.5 Å². The van der Waals surface area contributed by atoms with Gasteiger partial charge in [-0.2, -0.15) is 5.26 Å². The maximum absolute atomic E-state index is 12.7. The monoisotopic (exact) mass is 389 g/mol. The predicted octanol–water partition coefficient (Wildman–Crippen LogP) is 3.84. The van der Waals surface area contributed by atoms with Crippen molar-refractivity contribution in [2.75, 3.05) is 19.7 Å². The molecular weight excluding hydrogens is 362 g/mol. The van der Waals surface area contributed by atoms with Gasteiger partial charge in [-0.25, -0.2) is 0 Å². The van der Waals surface area contributed by atoms with E-state index in [4.69, 9.17) is 10.00 Å². The average molecular weight is 389 g/mol. The summed E-state index contributed by atoms with van der Waals surface area (Å²) in [4.78, 5) is 19.2. The van der Waals surface area contributed by atoms with Crippen molar-refractivity contribution < 1.29 is 9.53 Å². The lowest BCUT2D eigenvalue weighted by Gasteiger charge is -2.39. The smallest absolute Gasteiger partial charge is 0.191 e. The molecule has 0 spiro atoms. The molecule has 4 rings (SSSR count). The van der Waals surface area contributed by atoms with Crippen LogP contribution in [0.5, 0.6) is 0 Å². The van der Waals surface area contributed by atoms with Gasteiger partial charge in [0.2, 0.25) is 0 Å². The molecule has 3 heterocycles. The highest BCUT2D eigenvalue weighted by Gasteiger charge is 2.34. The van der Waals surface area contributed by atoms with Gasteiger partial charge in [-0.1, -0.05) is 12.1 Å². The molecule has 0 saturated carbocycles. The number of likely N-dealkylation sites (tertiary alicyclic amines) is 1. The van der Waals surface area contributed by atoms with Gasteiger partial charge in [0, 0.05) is 31.1 Å². The zero-order valence-electron chi connectivity index (χ0n) is 16.7. The number of Topliss-reactive ketones (excluding diaryl/α,β-unsaturated/α-hetero) is 1. The lowest BCUT2D eigenvalue weighted by molar-refractivity contribution is -0.0189. The number of rotatable bonds is 5. The molecule has 2 aliphatic rings. The summed E-state index contributed by atoms with van der Waals surface area (Å²) in [5, 5.41) is 8.93. The van der Waals surface area contributed by atoms with Gasteiger partial charge in [0.15, 0.2) is 5.78 Å². The number of nitriles is 1. The van der Waals surface area contributed by atoms with Crippen molar-refractivity contribution >= 4 is 5.78 Å². The highest BCUT2D eigenvalue weighted by molar-refractivity contribution is 5.99. The van der Waals surface area contributed by atoms with Crippen LogP contribution in [0.3, 0.4) is 0 Å². The second-order valence-electron chi connectivity index (χ2n) is 8.17. The summed E-state index contributed by atoms with van der Waals surface area (Å²) in [6, 6.07) is 13.6. The highest BCUT2D eigenvalue weighted by Crippen LogP contribution is 2.35. The van der Waals surface area contributed by atoms with Gasteiger partial charge in [-0.3, -0.25) is 14.7 Å². The SMILES string of the molecule is N#Cc1ccc(CN2CCC(C3CCOC(C(=O)c4ccncc4)C3)CC2)cc1. The molecule has 0 amide bonds. The van der Waals surface area contributed by atoms with Crippen molar-refractivity contribution in [2.45, 2.75) is 38.3 Å². The molecule has 0 N–H and O–H groups in total. The van der Waals surface area contributed by atoms with E-state index in [1.54, 1.807) is 24.5 Å². The van der Waals surface area contributed by atoms with Crippen LogP contribution in [0.25, 0.3) is 0 Å². The fraction of sp³-hybridized carbons (Fsp3) is 0.458. The summed E-state index contributed by atoms with van der Waals surface area (Å²) in [5.74, 6) is 1.33. The Balaban J connectivity index is 1.29. The van der Waals surface area contributed by atoms with Crippen molar-refractivity contribution in [3.05, 3.63) is 65.5 Å². The zero-order valence-corrected chi connectivity index (χ0v) is 16.7. The van der Waals surface area contributed by atoms with E-state index in [0.717, 1.165) is 32.5 Å². The van der Waals surface area contributed by atoms with Gasteiger partial charge in [0.05, 0.1) is 11.6 Å². The molecular formula is C24H27N3O2. The molecule has 2 aliphatic heterocycles. The van der Waals surface area contributed by atoms with Crippen molar-refractivity contribution in [2.24, 2.45) is 11.8 Å². The molecule has 150 valence electrons. The standard InChI is InChI=1S/C24H27N3O2/c25-16-18-1-3-19(4-2-18)17-27-12-7-20(8-13-27)22-9-14-29-23(15-22)24(28)21-5-10-26-11-6-21/h1-6,10-11,20,22-23H,7-9,12-15,17H2. The normalized spacial score (nSPS) is 23.4. The zero-order chi connectivity index (χ0) is 20.1. The van der Waals surface area contributed by atoms with E-state index >= 15 is 0 Å². The van der Waals surface area contributed by atoms with E-state index in [2.05, 4.69) is 28.1 Å². The minimum Gasteiger partial charge on any atom is -0.370 e. The minimum absolute atomic E-state index is 0.0929. The third-order valence-electron chi connectivity index (χ3n) is 6.37. The van der Waals surface area contributed by atoms with E-state index in [1.807, 2.05) is 12.1 Å². The number of ether oxygens (including phenoxy) is 1. The van der Waals surface area contributed by atoms with Crippen molar-refractivity contribution in [3.63, 3.8) is 0 Å². The number of ketones is 1. The molecule has 2 fully saturated rings. The number of carbonyl (C=O) groups is 1. The number of nitrogens with zero attached hydrogens (tertiary/aromatic N) is 3. The Labute approximate surface area is 172 Å². The van der Waals surface area contributed by atoms with E-state index in [1.165, 1.54) is 18.4 Å². The number of piperidine rings is 1. The first kappa shape index (κ1) is 19.8. The van der Waals surface area contributed by atoms with E-state index < -0.39 is 0 Å². The number of benzene rings is 1. The Morgan fingerprint density at radius 3 is 2.48 bits per heavy atom. The average Bonchev–Trinajstić information content (AvgIpc) is 2.80. The number of aromatic nitrogens is 1. The molecule has 1 aromatic carbocycles. The second-order valence-corrected chi connectivity index (χ2v) is 8.17. The number of carbonyl (C=O) groups excluding carboxylic acids is 1. The van der Waals surface area contributed by atoms with Crippen molar-refractivity contribution in [3.8, 4) is 6.07 Å². The van der Waals surface area contributed by atoms with Crippen LogP contribution in [0, 0.1) is 23.2 Å². The lowest BCUT2D eigenvalue weighted by atomic mass is 9.77. The van der Waals surface area contributed by atoms with Crippen LogP contribution >= 0.6 is 0 Å². The predicted molar refractivity (Wildman–Crippen MR) is 110 cm³/mol. The molecule has 1 aromatic heterocycles. The fourth-order valence-electron chi connectivity index (χ4n) is 4.66. The summed E-state index contributed by atoms with van der Waals surface area (Å²) in [5.41, 5.74) is 2.67. The first-order valence-corrected chi connectivity index (χ1v) is 10.5. The minimum atomic E-state index is -0.312. The molecule has 5 nitrogen and oxygen atoms in total.